The molecule has 1 rings (SSSR count). The number of thioether (sulfide) groups is 1. The molecule has 1 aliphatic heterocycles. The second-order valence-electron chi connectivity index (χ2n) is 4.14. The van der Waals surface area contributed by atoms with Gasteiger partial charge in [-0.05, 0) is 36.8 Å². The lowest BCUT2D eigenvalue weighted by Gasteiger charge is -2.22. The average Bonchev–Trinajstić information content (AvgIpc) is 2.29. The molecule has 0 aromatic rings. The second-order valence-corrected chi connectivity index (χ2v) is 5.36. The number of nitrogens with one attached hydrogen (secondary N) is 1. The van der Waals surface area contributed by atoms with Gasteiger partial charge in [-0.3, -0.25) is 4.79 Å². The third kappa shape index (κ3) is 4.89. The molecule has 0 aliphatic carbocycles. The van der Waals surface area contributed by atoms with Crippen LogP contribution in [0, 0.1) is 11.8 Å². The highest BCUT2D eigenvalue weighted by Gasteiger charge is 2.15. The van der Waals surface area contributed by atoms with Crippen molar-refractivity contribution in [2.75, 3.05) is 31.7 Å². The van der Waals surface area contributed by atoms with Crippen LogP contribution in [0.3, 0.4) is 0 Å². The summed E-state index contributed by atoms with van der Waals surface area (Å²) in [4.78, 5) is 11.1. The minimum absolute atomic E-state index is 0.0343. The topological polar surface area (TPSA) is 38.3 Å². The summed E-state index contributed by atoms with van der Waals surface area (Å²) in [5.74, 6) is 3.23. The fraction of sp³-hybridized carbons (Fsp3) is 0.909. The van der Waals surface area contributed by atoms with Gasteiger partial charge >= 0.3 is 5.97 Å². The van der Waals surface area contributed by atoms with Gasteiger partial charge in [0.2, 0.25) is 0 Å². The van der Waals surface area contributed by atoms with E-state index in [-0.39, 0.29) is 11.9 Å². The third-order valence-corrected chi connectivity index (χ3v) is 3.88. The molecule has 0 aromatic heterocycles. The summed E-state index contributed by atoms with van der Waals surface area (Å²) in [6, 6.07) is 0. The van der Waals surface area contributed by atoms with E-state index in [1.807, 2.05) is 18.7 Å². The Balaban J connectivity index is 2.07. The van der Waals surface area contributed by atoms with Crippen molar-refractivity contribution in [2.45, 2.75) is 19.8 Å². The Morgan fingerprint density at radius 1 is 1.53 bits per heavy atom. The van der Waals surface area contributed by atoms with Crippen LogP contribution in [0.4, 0.5) is 0 Å². The zero-order chi connectivity index (χ0) is 11.1. The van der Waals surface area contributed by atoms with Crippen molar-refractivity contribution in [3.05, 3.63) is 0 Å². The molecule has 1 unspecified atom stereocenters. The summed E-state index contributed by atoms with van der Waals surface area (Å²) >= 11 is 2.05. The molecule has 1 saturated heterocycles. The molecule has 0 bridgehead atoms. The van der Waals surface area contributed by atoms with E-state index in [4.69, 9.17) is 0 Å². The molecule has 0 radical (unpaired) electrons. The molecule has 0 spiro atoms. The van der Waals surface area contributed by atoms with E-state index < -0.39 is 0 Å². The van der Waals surface area contributed by atoms with Crippen molar-refractivity contribution in [2.24, 2.45) is 11.8 Å². The van der Waals surface area contributed by atoms with Gasteiger partial charge < -0.3 is 10.1 Å². The molecule has 1 N–H and O–H groups in total. The summed E-state index contributed by atoms with van der Waals surface area (Å²) in [6.07, 6.45) is 2.62. The molecule has 1 fully saturated rings. The number of ether oxygens (including phenoxy) is 1. The minimum Gasteiger partial charge on any atom is -0.469 e. The molecule has 4 heteroatoms. The van der Waals surface area contributed by atoms with Crippen molar-refractivity contribution in [3.8, 4) is 0 Å². The SMILES string of the molecule is COC(=O)C(C)CNCC1CCSCC1. The van der Waals surface area contributed by atoms with Gasteiger partial charge in [0.05, 0.1) is 13.0 Å². The number of methoxy groups -OCH3 is 1. The first kappa shape index (κ1) is 12.8. The van der Waals surface area contributed by atoms with Crippen molar-refractivity contribution in [3.63, 3.8) is 0 Å². The minimum atomic E-state index is -0.123. The van der Waals surface area contributed by atoms with Gasteiger partial charge in [-0.2, -0.15) is 11.8 Å². The third-order valence-electron chi connectivity index (χ3n) is 2.83. The normalized spacial score (nSPS) is 19.9. The highest BCUT2D eigenvalue weighted by Crippen LogP contribution is 2.21. The van der Waals surface area contributed by atoms with Crippen molar-refractivity contribution in [1.82, 2.24) is 5.32 Å². The monoisotopic (exact) mass is 231 g/mol. The van der Waals surface area contributed by atoms with E-state index in [0.717, 1.165) is 19.0 Å². The molecule has 0 amide bonds. The number of rotatable bonds is 5. The molecule has 15 heavy (non-hydrogen) atoms. The lowest BCUT2D eigenvalue weighted by atomic mass is 10.0. The predicted molar refractivity (Wildman–Crippen MR) is 64.1 cm³/mol. The Bertz CT molecular complexity index is 193. The molecular formula is C11H21NO2S. The van der Waals surface area contributed by atoms with Crippen molar-refractivity contribution < 1.29 is 9.53 Å². The van der Waals surface area contributed by atoms with Gasteiger partial charge in [-0.15, -0.1) is 0 Å². The summed E-state index contributed by atoms with van der Waals surface area (Å²) in [5, 5.41) is 3.36. The Labute approximate surface area is 96.3 Å². The summed E-state index contributed by atoms with van der Waals surface area (Å²) in [5.41, 5.74) is 0. The number of esters is 1. The van der Waals surface area contributed by atoms with Crippen LogP contribution in [0.1, 0.15) is 19.8 Å². The van der Waals surface area contributed by atoms with Crippen LogP contribution in [-0.2, 0) is 9.53 Å². The largest absolute Gasteiger partial charge is 0.469 e. The fourth-order valence-corrected chi connectivity index (χ4v) is 2.94. The first-order valence-electron chi connectivity index (χ1n) is 5.60. The average molecular weight is 231 g/mol. The molecule has 1 aliphatic rings. The summed E-state index contributed by atoms with van der Waals surface area (Å²) in [6.45, 7) is 3.67. The molecule has 1 atom stereocenters. The van der Waals surface area contributed by atoms with E-state index in [1.165, 1.54) is 31.5 Å². The van der Waals surface area contributed by atoms with Gasteiger partial charge in [-0.1, -0.05) is 6.92 Å². The molecule has 1 heterocycles. The summed E-state index contributed by atoms with van der Waals surface area (Å²) < 4.78 is 4.67. The maximum Gasteiger partial charge on any atom is 0.309 e. The standard InChI is InChI=1S/C11H21NO2S/c1-9(11(13)14-2)7-12-8-10-3-5-15-6-4-10/h9-10,12H,3-8H2,1-2H3. The van der Waals surface area contributed by atoms with Crippen LogP contribution in [-0.4, -0.2) is 37.7 Å². The summed E-state index contributed by atoms with van der Waals surface area (Å²) in [7, 11) is 1.44. The lowest BCUT2D eigenvalue weighted by molar-refractivity contribution is -0.144. The van der Waals surface area contributed by atoms with E-state index in [0.29, 0.717) is 0 Å². The smallest absolute Gasteiger partial charge is 0.309 e. The highest BCUT2D eigenvalue weighted by molar-refractivity contribution is 7.99. The maximum absolute atomic E-state index is 11.1. The number of carbonyl (C=O) groups excluding carboxylic acids is 1. The van der Waals surface area contributed by atoms with E-state index in [9.17, 15) is 4.79 Å². The van der Waals surface area contributed by atoms with Crippen LogP contribution in [0.25, 0.3) is 0 Å². The molecule has 88 valence electrons. The van der Waals surface area contributed by atoms with E-state index in [2.05, 4.69) is 10.1 Å². The van der Waals surface area contributed by atoms with E-state index in [1.54, 1.807) is 0 Å². The first-order valence-corrected chi connectivity index (χ1v) is 6.75. The van der Waals surface area contributed by atoms with Crippen molar-refractivity contribution >= 4 is 17.7 Å². The highest BCUT2D eigenvalue weighted by atomic mass is 32.2. The number of carbonyl (C=O) groups is 1. The van der Waals surface area contributed by atoms with Gasteiger partial charge in [-0.25, -0.2) is 0 Å². The Morgan fingerprint density at radius 3 is 2.80 bits per heavy atom. The Kier molecular flexibility index (Phi) is 6.10. The van der Waals surface area contributed by atoms with Gasteiger partial charge in [0.25, 0.3) is 0 Å². The van der Waals surface area contributed by atoms with Gasteiger partial charge in [0.15, 0.2) is 0 Å². The van der Waals surface area contributed by atoms with E-state index >= 15 is 0 Å². The van der Waals surface area contributed by atoms with Crippen LogP contribution < -0.4 is 5.32 Å². The predicted octanol–water partition coefficient (Wildman–Crippen LogP) is 1.53. The van der Waals surface area contributed by atoms with Crippen LogP contribution in [0.5, 0.6) is 0 Å². The van der Waals surface area contributed by atoms with Crippen LogP contribution in [0.2, 0.25) is 0 Å². The van der Waals surface area contributed by atoms with Crippen LogP contribution >= 0.6 is 11.8 Å². The quantitative estimate of drug-likeness (QED) is 0.728. The van der Waals surface area contributed by atoms with Gasteiger partial charge in [0.1, 0.15) is 0 Å². The van der Waals surface area contributed by atoms with Crippen LogP contribution in [0.15, 0.2) is 0 Å². The van der Waals surface area contributed by atoms with Gasteiger partial charge in [0, 0.05) is 6.54 Å². The zero-order valence-corrected chi connectivity index (χ0v) is 10.4. The Morgan fingerprint density at radius 2 is 2.20 bits per heavy atom. The zero-order valence-electron chi connectivity index (χ0n) is 9.62. The Hall–Kier alpha value is -0.220. The molecule has 3 nitrogen and oxygen atoms in total. The van der Waals surface area contributed by atoms with Crippen molar-refractivity contribution in [1.29, 1.82) is 0 Å². The molecule has 0 aromatic carbocycles. The lowest BCUT2D eigenvalue weighted by Crippen LogP contribution is -2.32. The molecular weight excluding hydrogens is 210 g/mol. The fourth-order valence-electron chi connectivity index (χ4n) is 1.74. The number of hydrogen-bond acceptors (Lipinski definition) is 4. The number of hydrogen-bond donors (Lipinski definition) is 1. The molecule has 0 saturated carbocycles. The first-order chi connectivity index (χ1) is 7.24. The maximum atomic E-state index is 11.1. The second kappa shape index (κ2) is 7.12.